The van der Waals surface area contributed by atoms with Crippen LogP contribution in [0.3, 0.4) is 0 Å². The van der Waals surface area contributed by atoms with Gasteiger partial charge in [-0.3, -0.25) is 35.3 Å². The highest BCUT2D eigenvalue weighted by Gasteiger charge is 2.30. The predicted molar refractivity (Wildman–Crippen MR) is 81.7 cm³/mol. The number of non-ortho nitro benzene ring substituents is 1. The van der Waals surface area contributed by atoms with Crippen molar-refractivity contribution in [1.82, 2.24) is 4.98 Å². The Labute approximate surface area is 134 Å². The van der Waals surface area contributed by atoms with Crippen LogP contribution in [0.4, 0.5) is 17.1 Å². The molecule has 11 nitrogen and oxygen atoms in total. The molecule has 0 atom stereocenters. The molecule has 126 valence electrons. The maximum Gasteiger partial charge on any atom is 0.324 e. The average molecular weight is 336 g/mol. The van der Waals surface area contributed by atoms with Gasteiger partial charge in [-0.1, -0.05) is 13.0 Å². The number of aromatic hydroxyl groups is 1. The van der Waals surface area contributed by atoms with Gasteiger partial charge in [-0.2, -0.15) is 0 Å². The summed E-state index contributed by atoms with van der Waals surface area (Å²) in [6.45, 7) is 2.10. The van der Waals surface area contributed by atoms with Crippen molar-refractivity contribution in [2.24, 2.45) is 0 Å². The fourth-order valence-electron chi connectivity index (χ4n) is 1.58. The summed E-state index contributed by atoms with van der Waals surface area (Å²) in [4.78, 5) is 31.9. The van der Waals surface area contributed by atoms with Crippen molar-refractivity contribution in [3.05, 3.63) is 72.6 Å². The number of hydrogen-bond acceptors (Lipinski definition) is 8. The smallest absolute Gasteiger partial charge is 0.324 e. The van der Waals surface area contributed by atoms with E-state index in [1.54, 1.807) is 0 Å². The highest BCUT2D eigenvalue weighted by atomic mass is 16.6. The topological polar surface area (TPSA) is 163 Å². The quantitative estimate of drug-likeness (QED) is 0.657. The molecule has 0 spiro atoms. The minimum Gasteiger partial charge on any atom is -0.497 e. The molecule has 0 bridgehead atoms. The zero-order valence-electron chi connectivity index (χ0n) is 12.4. The third kappa shape index (κ3) is 4.69. The highest BCUT2D eigenvalue weighted by molar-refractivity contribution is 5.64. The number of nitro benzene ring substituents is 3. The van der Waals surface area contributed by atoms with Gasteiger partial charge >= 0.3 is 11.4 Å². The SMILES string of the molecule is CCc1ccccn1.O=[N+]([O-])c1cc([N+](=O)[O-])c(O)c([N+](=O)[O-])c1. The molecule has 0 saturated carbocycles. The second-order valence-electron chi connectivity index (χ2n) is 4.28. The number of pyridine rings is 1. The van der Waals surface area contributed by atoms with Gasteiger partial charge < -0.3 is 5.11 Å². The first kappa shape index (κ1) is 18.4. The minimum absolute atomic E-state index is 0.447. The van der Waals surface area contributed by atoms with Crippen LogP contribution in [0.5, 0.6) is 5.75 Å². The van der Waals surface area contributed by atoms with Gasteiger partial charge in [0.1, 0.15) is 0 Å². The third-order valence-corrected chi connectivity index (χ3v) is 2.75. The van der Waals surface area contributed by atoms with Crippen LogP contribution in [0.2, 0.25) is 0 Å². The fourth-order valence-corrected chi connectivity index (χ4v) is 1.58. The van der Waals surface area contributed by atoms with E-state index in [-0.39, 0.29) is 0 Å². The van der Waals surface area contributed by atoms with Gasteiger partial charge in [-0.25, -0.2) is 0 Å². The van der Waals surface area contributed by atoms with Crippen LogP contribution >= 0.6 is 0 Å². The van der Waals surface area contributed by atoms with E-state index in [4.69, 9.17) is 5.11 Å². The summed E-state index contributed by atoms with van der Waals surface area (Å²) in [6, 6.07) is 6.86. The Morgan fingerprint density at radius 1 is 1.00 bits per heavy atom. The van der Waals surface area contributed by atoms with Gasteiger partial charge in [0.25, 0.3) is 11.4 Å². The fraction of sp³-hybridized carbons (Fsp3) is 0.154. The molecule has 2 aromatic rings. The molecule has 1 N–H and O–H groups in total. The van der Waals surface area contributed by atoms with E-state index in [1.807, 2.05) is 24.4 Å². The number of aryl methyl sites for hydroxylation is 1. The number of phenolic OH excluding ortho intramolecular Hbond substituents is 1. The number of nitrogens with zero attached hydrogens (tertiary/aromatic N) is 4. The zero-order valence-corrected chi connectivity index (χ0v) is 12.4. The molecule has 0 saturated heterocycles. The molecule has 1 aromatic heterocycles. The number of phenols is 1. The van der Waals surface area contributed by atoms with Crippen molar-refractivity contribution in [1.29, 1.82) is 0 Å². The Bertz CT molecular complexity index is 729. The Morgan fingerprint density at radius 2 is 1.54 bits per heavy atom. The van der Waals surface area contributed by atoms with Gasteiger partial charge in [0, 0.05) is 11.9 Å². The van der Waals surface area contributed by atoms with E-state index in [0.29, 0.717) is 12.1 Å². The van der Waals surface area contributed by atoms with Crippen LogP contribution in [0.1, 0.15) is 12.6 Å². The van der Waals surface area contributed by atoms with Crippen molar-refractivity contribution in [3.8, 4) is 5.75 Å². The van der Waals surface area contributed by atoms with Crippen molar-refractivity contribution in [3.63, 3.8) is 0 Å². The summed E-state index contributed by atoms with van der Waals surface area (Å²) in [7, 11) is 0. The van der Waals surface area contributed by atoms with E-state index in [9.17, 15) is 30.3 Å². The maximum atomic E-state index is 10.4. The van der Waals surface area contributed by atoms with Gasteiger partial charge in [0.05, 0.1) is 26.9 Å². The van der Waals surface area contributed by atoms with Crippen LogP contribution in [0, 0.1) is 30.3 Å². The summed E-state index contributed by atoms with van der Waals surface area (Å²) >= 11 is 0. The zero-order chi connectivity index (χ0) is 18.3. The van der Waals surface area contributed by atoms with Gasteiger partial charge in [0.2, 0.25) is 0 Å². The lowest BCUT2D eigenvalue weighted by Crippen LogP contribution is -1.97. The number of aromatic nitrogens is 1. The van der Waals surface area contributed by atoms with Crippen LogP contribution in [-0.4, -0.2) is 24.9 Å². The largest absolute Gasteiger partial charge is 0.497 e. The van der Waals surface area contributed by atoms with Gasteiger partial charge in [-0.15, -0.1) is 0 Å². The first-order chi connectivity index (χ1) is 11.3. The molecule has 1 aromatic carbocycles. The van der Waals surface area contributed by atoms with Crippen molar-refractivity contribution in [2.45, 2.75) is 13.3 Å². The molecule has 0 unspecified atom stereocenters. The summed E-state index contributed by atoms with van der Waals surface area (Å²) in [5, 5.41) is 40.2. The molecular weight excluding hydrogens is 324 g/mol. The number of rotatable bonds is 4. The van der Waals surface area contributed by atoms with Gasteiger partial charge in [0.15, 0.2) is 0 Å². The van der Waals surface area contributed by atoms with Crippen LogP contribution in [0.25, 0.3) is 0 Å². The second-order valence-corrected chi connectivity index (χ2v) is 4.28. The van der Waals surface area contributed by atoms with Crippen molar-refractivity contribution >= 4 is 17.1 Å². The van der Waals surface area contributed by atoms with E-state index >= 15 is 0 Å². The van der Waals surface area contributed by atoms with Gasteiger partial charge in [-0.05, 0) is 18.6 Å². The van der Waals surface area contributed by atoms with Crippen LogP contribution < -0.4 is 0 Å². The molecule has 0 aliphatic carbocycles. The highest BCUT2D eigenvalue weighted by Crippen LogP contribution is 2.38. The molecule has 0 amide bonds. The number of nitro groups is 3. The minimum atomic E-state index is -1.21. The Kier molecular flexibility index (Phi) is 6.23. The molecular formula is C13H12N4O7. The molecule has 0 aliphatic rings. The monoisotopic (exact) mass is 336 g/mol. The van der Waals surface area contributed by atoms with E-state index in [0.717, 1.165) is 12.1 Å². The summed E-state index contributed by atoms with van der Waals surface area (Å²) in [5.74, 6) is -1.21. The molecule has 2 rings (SSSR count). The lowest BCUT2D eigenvalue weighted by atomic mass is 10.2. The average Bonchev–Trinajstić information content (AvgIpc) is 2.55. The van der Waals surface area contributed by atoms with E-state index in [2.05, 4.69) is 11.9 Å². The molecule has 0 fully saturated rings. The van der Waals surface area contributed by atoms with Crippen LogP contribution in [0.15, 0.2) is 36.5 Å². The lowest BCUT2D eigenvalue weighted by molar-refractivity contribution is -0.404. The molecule has 24 heavy (non-hydrogen) atoms. The summed E-state index contributed by atoms with van der Waals surface area (Å²) in [5.41, 5.74) is -1.84. The normalized spacial score (nSPS) is 9.54. The third-order valence-electron chi connectivity index (χ3n) is 2.75. The maximum absolute atomic E-state index is 10.4. The van der Waals surface area contributed by atoms with E-state index in [1.165, 1.54) is 0 Å². The van der Waals surface area contributed by atoms with Crippen LogP contribution in [-0.2, 0) is 6.42 Å². The molecule has 1 heterocycles. The first-order valence-corrected chi connectivity index (χ1v) is 6.48. The second kappa shape index (κ2) is 8.12. The number of hydrogen-bond donors (Lipinski definition) is 1. The molecule has 11 heteroatoms. The van der Waals surface area contributed by atoms with Crippen molar-refractivity contribution < 1.29 is 19.9 Å². The molecule has 0 aliphatic heterocycles. The predicted octanol–water partition coefficient (Wildman–Crippen LogP) is 2.76. The molecule has 0 radical (unpaired) electrons. The standard InChI is InChI=1S/C7H9N.C6H3N3O7/c1-2-7-5-3-4-6-8-7;10-6-4(8(13)14)1-3(7(11)12)2-5(6)9(15)16/h3-6H,2H2,1H3;1-2,10H. The lowest BCUT2D eigenvalue weighted by Gasteiger charge is -1.97. The summed E-state index contributed by atoms with van der Waals surface area (Å²) in [6.07, 6.45) is 2.85. The van der Waals surface area contributed by atoms with Crippen molar-refractivity contribution in [2.75, 3.05) is 0 Å². The van der Waals surface area contributed by atoms with E-state index < -0.39 is 37.6 Å². The Morgan fingerprint density at radius 3 is 1.83 bits per heavy atom. The number of benzene rings is 1. The first-order valence-electron chi connectivity index (χ1n) is 6.48. The Balaban J connectivity index is 0.000000300. The summed E-state index contributed by atoms with van der Waals surface area (Å²) < 4.78 is 0. The Hall–Kier alpha value is -3.63.